The molecule has 9 aromatic rings. The van der Waals surface area contributed by atoms with Crippen LogP contribution in [-0.2, 0) is 5.41 Å². The Bertz CT molecular complexity index is 2770. The average Bonchev–Trinajstić information content (AvgIpc) is 3.29. The predicted octanol–water partition coefficient (Wildman–Crippen LogP) is 13.3. The van der Waals surface area contributed by atoms with Gasteiger partial charge in [-0.25, -0.2) is 9.97 Å². The minimum absolute atomic E-state index is 0.595. The molecular formula is C53H36N2O. The molecule has 0 fully saturated rings. The Kier molecular flexibility index (Phi) is 8.38. The second kappa shape index (κ2) is 14.1. The fourth-order valence-electron chi connectivity index (χ4n) is 8.18. The van der Waals surface area contributed by atoms with Crippen LogP contribution in [0.3, 0.4) is 0 Å². The highest BCUT2D eigenvalue weighted by Crippen LogP contribution is 2.55. The quantitative estimate of drug-likeness (QED) is 0.165. The number of benzene rings is 8. The van der Waals surface area contributed by atoms with Gasteiger partial charge in [0.15, 0.2) is 5.82 Å². The fourth-order valence-corrected chi connectivity index (χ4v) is 8.18. The van der Waals surface area contributed by atoms with Gasteiger partial charge in [-0.3, -0.25) is 0 Å². The summed E-state index contributed by atoms with van der Waals surface area (Å²) in [4.78, 5) is 10.3. The van der Waals surface area contributed by atoms with Gasteiger partial charge in [0, 0.05) is 27.8 Å². The molecule has 1 aliphatic rings. The Morgan fingerprint density at radius 1 is 0.304 bits per heavy atom. The Hall–Kier alpha value is -7.36. The number of fused-ring (bicyclic) bond motifs is 2. The van der Waals surface area contributed by atoms with Crippen molar-refractivity contribution in [3.63, 3.8) is 0 Å². The summed E-state index contributed by atoms with van der Waals surface area (Å²) in [7, 11) is 0. The van der Waals surface area contributed by atoms with Crippen molar-refractivity contribution >= 4 is 0 Å². The van der Waals surface area contributed by atoms with E-state index in [9.17, 15) is 0 Å². The maximum absolute atomic E-state index is 6.55. The van der Waals surface area contributed by atoms with Crippen molar-refractivity contribution in [2.24, 2.45) is 0 Å². The van der Waals surface area contributed by atoms with Gasteiger partial charge in [0.1, 0.15) is 11.5 Å². The van der Waals surface area contributed by atoms with Crippen LogP contribution in [0.5, 0.6) is 11.5 Å². The number of hydrogen-bond acceptors (Lipinski definition) is 3. The van der Waals surface area contributed by atoms with Crippen LogP contribution in [0.15, 0.2) is 218 Å². The molecule has 0 aliphatic carbocycles. The van der Waals surface area contributed by atoms with Gasteiger partial charge >= 0.3 is 0 Å². The molecule has 1 aromatic heterocycles. The molecule has 0 amide bonds. The Morgan fingerprint density at radius 2 is 0.750 bits per heavy atom. The van der Waals surface area contributed by atoms with Crippen molar-refractivity contribution in [1.82, 2.24) is 9.97 Å². The lowest BCUT2D eigenvalue weighted by molar-refractivity contribution is 0.434. The zero-order chi connectivity index (χ0) is 37.3. The second-order valence-corrected chi connectivity index (χ2v) is 14.1. The molecule has 2 heterocycles. The maximum Gasteiger partial charge on any atom is 0.160 e. The van der Waals surface area contributed by atoms with Crippen LogP contribution in [0.2, 0.25) is 0 Å². The van der Waals surface area contributed by atoms with E-state index < -0.39 is 5.41 Å². The number of nitrogens with zero attached hydrogens (tertiary/aromatic N) is 2. The number of ether oxygens (including phenoxy) is 1. The molecule has 0 saturated heterocycles. The van der Waals surface area contributed by atoms with Crippen LogP contribution >= 0.6 is 0 Å². The molecule has 0 spiro atoms. The smallest absolute Gasteiger partial charge is 0.160 e. The first-order valence-electron chi connectivity index (χ1n) is 19.0. The van der Waals surface area contributed by atoms with E-state index in [0.717, 1.165) is 61.8 Å². The molecule has 0 bridgehead atoms. The van der Waals surface area contributed by atoms with Crippen molar-refractivity contribution in [2.45, 2.75) is 5.41 Å². The highest BCUT2D eigenvalue weighted by atomic mass is 16.5. The van der Waals surface area contributed by atoms with Crippen LogP contribution in [0.1, 0.15) is 22.3 Å². The van der Waals surface area contributed by atoms with Crippen molar-refractivity contribution < 1.29 is 4.74 Å². The van der Waals surface area contributed by atoms with Gasteiger partial charge in [0.25, 0.3) is 0 Å². The molecule has 3 nitrogen and oxygen atoms in total. The molecule has 1 aliphatic heterocycles. The van der Waals surface area contributed by atoms with Crippen molar-refractivity contribution in [1.29, 1.82) is 0 Å². The third-order valence-electron chi connectivity index (χ3n) is 10.8. The van der Waals surface area contributed by atoms with Crippen molar-refractivity contribution in [3.8, 4) is 67.7 Å². The molecule has 10 rings (SSSR count). The monoisotopic (exact) mass is 716 g/mol. The first kappa shape index (κ1) is 33.2. The minimum Gasteiger partial charge on any atom is -0.457 e. The largest absolute Gasteiger partial charge is 0.457 e. The normalized spacial score (nSPS) is 12.6. The summed E-state index contributed by atoms with van der Waals surface area (Å²) in [6, 6.07) is 76.8. The SMILES string of the molecule is c1ccc(-c2ccc(-c3cc(-c4cccc(-c5cccc(C6(c7ccccc7)c7ccccc7Oc7ccccc76)c5)c4)nc(-c4ccccc4)n3)cc2)cc1. The van der Waals surface area contributed by atoms with E-state index >= 15 is 0 Å². The molecule has 3 heteroatoms. The lowest BCUT2D eigenvalue weighted by Gasteiger charge is -2.41. The van der Waals surface area contributed by atoms with Gasteiger partial charge in [-0.05, 0) is 63.7 Å². The number of aromatic nitrogens is 2. The van der Waals surface area contributed by atoms with Gasteiger partial charge in [-0.15, -0.1) is 0 Å². The van der Waals surface area contributed by atoms with Gasteiger partial charge in [0.05, 0.1) is 16.8 Å². The third kappa shape index (κ3) is 5.87. The highest BCUT2D eigenvalue weighted by molar-refractivity contribution is 5.78. The highest BCUT2D eigenvalue weighted by Gasteiger charge is 2.45. The van der Waals surface area contributed by atoms with Crippen LogP contribution in [0, 0.1) is 0 Å². The molecular weight excluding hydrogens is 681 g/mol. The molecule has 0 radical (unpaired) electrons. The summed E-state index contributed by atoms with van der Waals surface area (Å²) in [6.07, 6.45) is 0. The van der Waals surface area contributed by atoms with Crippen LogP contribution < -0.4 is 4.74 Å². The van der Waals surface area contributed by atoms with Gasteiger partial charge < -0.3 is 4.74 Å². The molecule has 0 unspecified atom stereocenters. The zero-order valence-electron chi connectivity index (χ0n) is 30.6. The fraction of sp³-hybridized carbons (Fsp3) is 0.0189. The topological polar surface area (TPSA) is 35.0 Å². The third-order valence-corrected chi connectivity index (χ3v) is 10.8. The standard InChI is InChI=1S/C53H36N2O/c1-4-16-37(17-5-1)38-30-32-39(33-31-38)48-36-49(55-52(54-48)40-18-6-2-7-19-40)43-22-14-20-41(34-43)42-21-15-25-45(35-42)53(44-23-8-3-9-24-44)46-26-10-12-28-50(46)56-51-29-13-11-27-47(51)53/h1-36H. The molecule has 0 N–H and O–H groups in total. The lowest BCUT2D eigenvalue weighted by atomic mass is 9.63. The van der Waals surface area contributed by atoms with Gasteiger partial charge in [0.2, 0.25) is 0 Å². The van der Waals surface area contributed by atoms with E-state index in [2.05, 4.69) is 182 Å². The first-order chi connectivity index (χ1) is 27.7. The lowest BCUT2D eigenvalue weighted by Crippen LogP contribution is -2.34. The van der Waals surface area contributed by atoms with Crippen molar-refractivity contribution in [3.05, 3.63) is 241 Å². The van der Waals surface area contributed by atoms with E-state index in [1.165, 1.54) is 22.3 Å². The summed E-state index contributed by atoms with van der Waals surface area (Å²) in [6.45, 7) is 0. The van der Waals surface area contributed by atoms with Crippen LogP contribution in [-0.4, -0.2) is 9.97 Å². The number of para-hydroxylation sites is 2. The summed E-state index contributed by atoms with van der Waals surface area (Å²) < 4.78 is 6.55. The van der Waals surface area contributed by atoms with Gasteiger partial charge in [-0.1, -0.05) is 188 Å². The van der Waals surface area contributed by atoms with E-state index in [4.69, 9.17) is 14.7 Å². The molecule has 264 valence electrons. The average molecular weight is 717 g/mol. The first-order valence-corrected chi connectivity index (χ1v) is 19.0. The van der Waals surface area contributed by atoms with Gasteiger partial charge in [-0.2, -0.15) is 0 Å². The van der Waals surface area contributed by atoms with E-state index in [1.807, 2.05) is 36.4 Å². The molecule has 56 heavy (non-hydrogen) atoms. The van der Waals surface area contributed by atoms with Crippen LogP contribution in [0.25, 0.3) is 56.2 Å². The zero-order valence-corrected chi connectivity index (χ0v) is 30.6. The molecule has 0 atom stereocenters. The Morgan fingerprint density at radius 3 is 1.41 bits per heavy atom. The summed E-state index contributed by atoms with van der Waals surface area (Å²) in [5, 5.41) is 0. The molecule has 0 saturated carbocycles. The van der Waals surface area contributed by atoms with E-state index in [1.54, 1.807) is 0 Å². The number of hydrogen-bond donors (Lipinski definition) is 0. The summed E-state index contributed by atoms with van der Waals surface area (Å²) >= 11 is 0. The maximum atomic E-state index is 6.55. The minimum atomic E-state index is -0.595. The van der Waals surface area contributed by atoms with Crippen molar-refractivity contribution in [2.75, 3.05) is 0 Å². The summed E-state index contributed by atoms with van der Waals surface area (Å²) in [5.74, 6) is 2.43. The summed E-state index contributed by atoms with van der Waals surface area (Å²) in [5.41, 5.74) is 13.4. The molecule has 8 aromatic carbocycles. The predicted molar refractivity (Wildman–Crippen MR) is 228 cm³/mol. The van der Waals surface area contributed by atoms with E-state index in [-0.39, 0.29) is 0 Å². The van der Waals surface area contributed by atoms with E-state index in [0.29, 0.717) is 5.82 Å². The number of rotatable bonds is 7. The Balaban J connectivity index is 1.10. The Labute approximate surface area is 327 Å². The van der Waals surface area contributed by atoms with Crippen LogP contribution in [0.4, 0.5) is 0 Å². The second-order valence-electron chi connectivity index (χ2n) is 14.1.